The van der Waals surface area contributed by atoms with E-state index in [1.165, 1.54) is 5.69 Å². The third-order valence-electron chi connectivity index (χ3n) is 4.19. The van der Waals surface area contributed by atoms with Crippen molar-refractivity contribution in [1.82, 2.24) is 9.88 Å². The Morgan fingerprint density at radius 2 is 1.96 bits per heavy atom. The van der Waals surface area contributed by atoms with Crippen molar-refractivity contribution in [2.24, 2.45) is 0 Å². The molecule has 1 aliphatic heterocycles. The van der Waals surface area contributed by atoms with E-state index in [0.29, 0.717) is 6.54 Å². The topological polar surface area (TPSA) is 45.7 Å². The minimum Gasteiger partial charge on any atom is -0.378 e. The summed E-state index contributed by atoms with van der Waals surface area (Å²) in [6.45, 7) is 3.90. The molecule has 0 aliphatic carbocycles. The van der Waals surface area contributed by atoms with Gasteiger partial charge in [0, 0.05) is 38.1 Å². The molecule has 25 heavy (non-hydrogen) atoms. The van der Waals surface area contributed by atoms with Gasteiger partial charge in [-0.05, 0) is 35.9 Å². The van der Waals surface area contributed by atoms with Gasteiger partial charge in [-0.2, -0.15) is 0 Å². The maximum Gasteiger partial charge on any atom is 0.246 e. The SMILES string of the molecule is CN(Cc1ccccn1)C(=O)/C=C\c1ccc(N2CCOCC2)cc1. The van der Waals surface area contributed by atoms with Crippen LogP contribution in [0.5, 0.6) is 0 Å². The first kappa shape index (κ1) is 17.2. The highest BCUT2D eigenvalue weighted by Gasteiger charge is 2.10. The Balaban J connectivity index is 1.56. The molecule has 1 fully saturated rings. The predicted molar refractivity (Wildman–Crippen MR) is 99.2 cm³/mol. The van der Waals surface area contributed by atoms with Crippen LogP contribution in [0, 0.1) is 0 Å². The van der Waals surface area contributed by atoms with Crippen molar-refractivity contribution in [2.75, 3.05) is 38.3 Å². The van der Waals surface area contributed by atoms with E-state index in [9.17, 15) is 4.79 Å². The first-order chi connectivity index (χ1) is 12.2. The van der Waals surface area contributed by atoms with Crippen LogP contribution in [0.3, 0.4) is 0 Å². The summed E-state index contributed by atoms with van der Waals surface area (Å²) in [6, 6.07) is 14.0. The van der Waals surface area contributed by atoms with Gasteiger partial charge in [-0.3, -0.25) is 9.78 Å². The van der Waals surface area contributed by atoms with Gasteiger partial charge in [0.05, 0.1) is 25.5 Å². The Hall–Kier alpha value is -2.66. The molecule has 0 unspecified atom stereocenters. The van der Waals surface area contributed by atoms with Crippen LogP contribution in [0.15, 0.2) is 54.7 Å². The second-order valence-electron chi connectivity index (χ2n) is 6.04. The molecule has 1 amide bonds. The average molecular weight is 337 g/mol. The van der Waals surface area contributed by atoms with Crippen LogP contribution in [-0.2, 0) is 16.1 Å². The molecular weight excluding hydrogens is 314 g/mol. The number of likely N-dealkylation sites (N-methyl/N-ethyl adjacent to an activating group) is 1. The molecule has 1 aromatic heterocycles. The van der Waals surface area contributed by atoms with Crippen molar-refractivity contribution in [1.29, 1.82) is 0 Å². The zero-order valence-corrected chi connectivity index (χ0v) is 14.5. The number of aromatic nitrogens is 1. The van der Waals surface area contributed by atoms with E-state index in [4.69, 9.17) is 4.74 Å². The minimum atomic E-state index is -0.0390. The number of benzene rings is 1. The molecule has 0 bridgehead atoms. The number of carbonyl (C=O) groups is 1. The summed E-state index contributed by atoms with van der Waals surface area (Å²) >= 11 is 0. The quantitative estimate of drug-likeness (QED) is 0.787. The Labute approximate surface area is 148 Å². The summed E-state index contributed by atoms with van der Waals surface area (Å²) in [7, 11) is 1.78. The first-order valence-electron chi connectivity index (χ1n) is 8.48. The zero-order valence-electron chi connectivity index (χ0n) is 14.5. The second kappa shape index (κ2) is 8.44. The molecule has 3 rings (SSSR count). The molecular formula is C20H23N3O2. The van der Waals surface area contributed by atoms with Crippen molar-refractivity contribution >= 4 is 17.7 Å². The molecule has 1 saturated heterocycles. The number of hydrogen-bond donors (Lipinski definition) is 0. The lowest BCUT2D eigenvalue weighted by Crippen LogP contribution is -2.36. The molecule has 130 valence electrons. The average Bonchev–Trinajstić information content (AvgIpc) is 2.68. The largest absolute Gasteiger partial charge is 0.378 e. The van der Waals surface area contributed by atoms with Gasteiger partial charge in [0.15, 0.2) is 0 Å². The van der Waals surface area contributed by atoms with E-state index in [1.807, 2.05) is 36.4 Å². The van der Waals surface area contributed by atoms with Crippen LogP contribution in [0.2, 0.25) is 0 Å². The molecule has 0 saturated carbocycles. The Morgan fingerprint density at radius 1 is 1.20 bits per heavy atom. The highest BCUT2D eigenvalue weighted by atomic mass is 16.5. The van der Waals surface area contributed by atoms with Crippen LogP contribution in [0.1, 0.15) is 11.3 Å². The molecule has 1 aromatic carbocycles. The van der Waals surface area contributed by atoms with Crippen LogP contribution in [0.4, 0.5) is 5.69 Å². The number of pyridine rings is 1. The third kappa shape index (κ3) is 4.90. The van der Waals surface area contributed by atoms with Gasteiger partial charge in [-0.1, -0.05) is 18.2 Å². The molecule has 2 heterocycles. The van der Waals surface area contributed by atoms with Gasteiger partial charge in [0.25, 0.3) is 0 Å². The number of morpholine rings is 1. The summed E-state index contributed by atoms with van der Waals surface area (Å²) in [6.07, 6.45) is 5.19. The fourth-order valence-corrected chi connectivity index (χ4v) is 2.73. The molecule has 0 spiro atoms. The van der Waals surface area contributed by atoms with Crippen molar-refractivity contribution < 1.29 is 9.53 Å². The number of rotatable bonds is 5. The monoisotopic (exact) mass is 337 g/mol. The van der Waals surface area contributed by atoms with Gasteiger partial charge in [-0.25, -0.2) is 0 Å². The van der Waals surface area contributed by atoms with E-state index in [-0.39, 0.29) is 5.91 Å². The summed E-state index contributed by atoms with van der Waals surface area (Å²) in [5.41, 5.74) is 3.08. The lowest BCUT2D eigenvalue weighted by Gasteiger charge is -2.28. The highest BCUT2D eigenvalue weighted by molar-refractivity contribution is 5.91. The molecule has 5 nitrogen and oxygen atoms in total. The van der Waals surface area contributed by atoms with E-state index in [1.54, 1.807) is 24.2 Å². The van der Waals surface area contributed by atoms with Crippen LogP contribution in [0.25, 0.3) is 6.08 Å². The maximum absolute atomic E-state index is 12.2. The van der Waals surface area contributed by atoms with E-state index < -0.39 is 0 Å². The number of hydrogen-bond acceptors (Lipinski definition) is 4. The van der Waals surface area contributed by atoms with Crippen molar-refractivity contribution in [3.63, 3.8) is 0 Å². The van der Waals surface area contributed by atoms with Crippen molar-refractivity contribution in [3.8, 4) is 0 Å². The van der Waals surface area contributed by atoms with Crippen LogP contribution < -0.4 is 4.90 Å². The number of anilines is 1. The number of nitrogens with zero attached hydrogens (tertiary/aromatic N) is 3. The fraction of sp³-hybridized carbons (Fsp3) is 0.300. The minimum absolute atomic E-state index is 0.0390. The lowest BCUT2D eigenvalue weighted by atomic mass is 10.1. The summed E-state index contributed by atoms with van der Waals surface area (Å²) < 4.78 is 5.38. The predicted octanol–water partition coefficient (Wildman–Crippen LogP) is 2.59. The Morgan fingerprint density at radius 3 is 2.64 bits per heavy atom. The molecule has 5 heteroatoms. The number of ether oxygens (including phenoxy) is 1. The summed E-state index contributed by atoms with van der Waals surface area (Å²) in [5, 5.41) is 0. The van der Waals surface area contributed by atoms with Gasteiger partial charge in [-0.15, -0.1) is 0 Å². The van der Waals surface area contributed by atoms with Gasteiger partial charge < -0.3 is 14.5 Å². The van der Waals surface area contributed by atoms with E-state index in [2.05, 4.69) is 22.0 Å². The van der Waals surface area contributed by atoms with Gasteiger partial charge in [0.1, 0.15) is 0 Å². The molecule has 0 radical (unpaired) electrons. The second-order valence-corrected chi connectivity index (χ2v) is 6.04. The summed E-state index contributed by atoms with van der Waals surface area (Å²) in [4.78, 5) is 20.4. The molecule has 0 N–H and O–H groups in total. The molecule has 1 aliphatic rings. The smallest absolute Gasteiger partial charge is 0.246 e. The Kier molecular flexibility index (Phi) is 5.80. The molecule has 2 aromatic rings. The normalized spacial score (nSPS) is 14.7. The third-order valence-corrected chi connectivity index (χ3v) is 4.19. The fourth-order valence-electron chi connectivity index (χ4n) is 2.73. The first-order valence-corrected chi connectivity index (χ1v) is 8.48. The lowest BCUT2D eigenvalue weighted by molar-refractivity contribution is -0.125. The number of amides is 1. The van der Waals surface area contributed by atoms with E-state index >= 15 is 0 Å². The highest BCUT2D eigenvalue weighted by Crippen LogP contribution is 2.17. The van der Waals surface area contributed by atoms with Crippen LogP contribution >= 0.6 is 0 Å². The standard InChI is InChI=1S/C20H23N3O2/c1-22(16-18-4-2-3-11-21-18)20(24)10-7-17-5-8-19(9-6-17)23-12-14-25-15-13-23/h2-11H,12-16H2,1H3/b10-7-. The summed E-state index contributed by atoms with van der Waals surface area (Å²) in [5.74, 6) is -0.0390. The maximum atomic E-state index is 12.2. The Bertz CT molecular complexity index is 707. The molecule has 0 atom stereocenters. The van der Waals surface area contributed by atoms with Gasteiger partial charge >= 0.3 is 0 Å². The number of carbonyl (C=O) groups excluding carboxylic acids is 1. The van der Waals surface area contributed by atoms with Crippen molar-refractivity contribution in [3.05, 3.63) is 66.0 Å². The zero-order chi connectivity index (χ0) is 17.5. The van der Waals surface area contributed by atoms with E-state index in [0.717, 1.165) is 37.6 Å². The van der Waals surface area contributed by atoms with Crippen LogP contribution in [-0.4, -0.2) is 49.1 Å². The van der Waals surface area contributed by atoms with Gasteiger partial charge in [0.2, 0.25) is 5.91 Å². The van der Waals surface area contributed by atoms with Crippen molar-refractivity contribution in [2.45, 2.75) is 6.54 Å².